The lowest BCUT2D eigenvalue weighted by Crippen LogP contribution is -2.34. The molecule has 1 heterocycles. The highest BCUT2D eigenvalue weighted by Gasteiger charge is 2.25. The maximum atomic E-state index is 9.54. The van der Waals surface area contributed by atoms with Crippen LogP contribution in [0.2, 0.25) is 0 Å². The number of hydrogen-bond acceptors (Lipinski definition) is 4. The molecular weight excluding hydrogens is 250 g/mol. The molecule has 20 heavy (non-hydrogen) atoms. The van der Waals surface area contributed by atoms with Gasteiger partial charge in [-0.3, -0.25) is 4.98 Å². The number of fused-ring (bicyclic) bond motifs is 1. The van der Waals surface area contributed by atoms with Gasteiger partial charge < -0.3 is 16.2 Å². The summed E-state index contributed by atoms with van der Waals surface area (Å²) < 4.78 is 0. The number of nitrogens with two attached hydrogens (primary N) is 1. The fraction of sp³-hybridized carbons (Fsp3) is 0.438. The van der Waals surface area contributed by atoms with Crippen LogP contribution in [0, 0.1) is 5.92 Å². The molecule has 2 atom stereocenters. The van der Waals surface area contributed by atoms with E-state index < -0.39 is 0 Å². The highest BCUT2D eigenvalue weighted by molar-refractivity contribution is 5.96. The van der Waals surface area contributed by atoms with E-state index in [9.17, 15) is 5.11 Å². The Balaban J connectivity index is 1.95. The number of para-hydroxylation sites is 1. The van der Waals surface area contributed by atoms with Crippen molar-refractivity contribution in [1.82, 2.24) is 4.98 Å². The number of rotatable bonds is 3. The number of nitrogens with one attached hydrogen (secondary N) is 1. The lowest BCUT2D eigenvalue weighted by molar-refractivity contribution is 0.178. The number of benzene rings is 1. The van der Waals surface area contributed by atoms with E-state index in [0.717, 1.165) is 29.4 Å². The summed E-state index contributed by atoms with van der Waals surface area (Å²) >= 11 is 0. The van der Waals surface area contributed by atoms with Crippen molar-refractivity contribution in [3.8, 4) is 0 Å². The molecule has 0 bridgehead atoms. The number of aromatic nitrogens is 1. The van der Waals surface area contributed by atoms with Crippen molar-refractivity contribution in [3.05, 3.63) is 30.5 Å². The van der Waals surface area contributed by atoms with Crippen LogP contribution in [0.25, 0.3) is 10.9 Å². The summed E-state index contributed by atoms with van der Waals surface area (Å²) in [5.74, 6) is 0.315. The summed E-state index contributed by atoms with van der Waals surface area (Å²) in [6.45, 7) is 0.237. The first-order valence-electron chi connectivity index (χ1n) is 7.30. The number of aliphatic hydroxyl groups is 1. The topological polar surface area (TPSA) is 71.2 Å². The van der Waals surface area contributed by atoms with Crippen LogP contribution < -0.4 is 11.1 Å². The monoisotopic (exact) mass is 271 g/mol. The number of nitrogens with zero attached hydrogens (tertiary/aromatic N) is 1. The molecule has 1 aromatic carbocycles. The summed E-state index contributed by atoms with van der Waals surface area (Å²) in [6, 6.07) is 8.30. The molecular formula is C16H21N3O. The molecule has 4 N–H and O–H groups in total. The lowest BCUT2D eigenvalue weighted by Gasteiger charge is -2.32. The van der Waals surface area contributed by atoms with Crippen molar-refractivity contribution in [2.24, 2.45) is 5.92 Å². The Morgan fingerprint density at radius 2 is 2.05 bits per heavy atom. The van der Waals surface area contributed by atoms with Crippen LogP contribution in [0.1, 0.15) is 25.7 Å². The molecule has 1 saturated carbocycles. The highest BCUT2D eigenvalue weighted by Crippen LogP contribution is 2.32. The van der Waals surface area contributed by atoms with Crippen LogP contribution in [-0.2, 0) is 0 Å². The molecule has 4 heteroatoms. The first-order valence-corrected chi connectivity index (χ1v) is 7.30. The molecule has 0 saturated heterocycles. The molecule has 106 valence electrons. The van der Waals surface area contributed by atoms with Crippen molar-refractivity contribution in [2.45, 2.75) is 31.7 Å². The van der Waals surface area contributed by atoms with Gasteiger partial charge in [0.2, 0.25) is 0 Å². The third-order valence-corrected chi connectivity index (χ3v) is 4.28. The van der Waals surface area contributed by atoms with Crippen LogP contribution >= 0.6 is 0 Å². The quantitative estimate of drug-likeness (QED) is 0.802. The predicted molar refractivity (Wildman–Crippen MR) is 82.6 cm³/mol. The molecule has 0 radical (unpaired) electrons. The van der Waals surface area contributed by atoms with Crippen LogP contribution in [0.3, 0.4) is 0 Å². The molecule has 1 fully saturated rings. The normalized spacial score (nSPS) is 22.9. The van der Waals surface area contributed by atoms with Crippen LogP contribution in [0.4, 0.5) is 11.4 Å². The van der Waals surface area contributed by atoms with Gasteiger partial charge >= 0.3 is 0 Å². The lowest BCUT2D eigenvalue weighted by atomic mass is 9.85. The Hall–Kier alpha value is -1.81. The smallest absolute Gasteiger partial charge is 0.0743 e. The average molecular weight is 271 g/mol. The third kappa shape index (κ3) is 2.43. The van der Waals surface area contributed by atoms with Crippen molar-refractivity contribution in [1.29, 1.82) is 0 Å². The maximum Gasteiger partial charge on any atom is 0.0743 e. The Kier molecular flexibility index (Phi) is 3.74. The molecule has 0 amide bonds. The van der Waals surface area contributed by atoms with Crippen molar-refractivity contribution in [3.63, 3.8) is 0 Å². The SMILES string of the molecule is Nc1cnc2ccccc2c1NC1CCCCC1CO. The Morgan fingerprint density at radius 3 is 2.90 bits per heavy atom. The van der Waals surface area contributed by atoms with E-state index in [2.05, 4.69) is 10.3 Å². The summed E-state index contributed by atoms with van der Waals surface area (Å²) in [6.07, 6.45) is 6.28. The van der Waals surface area contributed by atoms with E-state index >= 15 is 0 Å². The standard InChI is InChI=1S/C16H21N3O/c17-13-9-18-15-8-4-2-6-12(15)16(13)19-14-7-3-1-5-11(14)10-20/h2,4,6,8-9,11,14,20H,1,3,5,7,10,17H2,(H,18,19). The van der Waals surface area contributed by atoms with Gasteiger partial charge in [-0.1, -0.05) is 31.0 Å². The molecule has 0 spiro atoms. The number of pyridine rings is 1. The van der Waals surface area contributed by atoms with Crippen molar-refractivity contribution < 1.29 is 5.11 Å². The molecule has 4 nitrogen and oxygen atoms in total. The van der Waals surface area contributed by atoms with E-state index in [4.69, 9.17) is 5.73 Å². The van der Waals surface area contributed by atoms with Gasteiger partial charge in [0.05, 0.1) is 23.1 Å². The summed E-state index contributed by atoms with van der Waals surface area (Å²) in [5, 5.41) is 14.2. The molecule has 2 unspecified atom stereocenters. The predicted octanol–water partition coefficient (Wildman–Crippen LogP) is 2.78. The molecule has 2 aromatic rings. The van der Waals surface area contributed by atoms with Gasteiger partial charge in [-0.15, -0.1) is 0 Å². The second kappa shape index (κ2) is 5.67. The minimum Gasteiger partial charge on any atom is -0.396 e. The van der Waals surface area contributed by atoms with Crippen LogP contribution in [0.15, 0.2) is 30.5 Å². The molecule has 3 rings (SSSR count). The van der Waals surface area contributed by atoms with E-state index in [1.54, 1.807) is 6.20 Å². The zero-order valence-corrected chi connectivity index (χ0v) is 11.5. The fourth-order valence-electron chi connectivity index (χ4n) is 3.12. The second-order valence-electron chi connectivity index (χ2n) is 5.58. The Bertz CT molecular complexity index is 599. The molecule has 1 aliphatic rings. The minimum absolute atomic E-state index is 0.237. The molecule has 1 aliphatic carbocycles. The van der Waals surface area contributed by atoms with Gasteiger partial charge in [0.15, 0.2) is 0 Å². The van der Waals surface area contributed by atoms with Crippen LogP contribution in [-0.4, -0.2) is 22.7 Å². The first kappa shape index (κ1) is 13.2. The van der Waals surface area contributed by atoms with E-state index in [0.29, 0.717) is 17.6 Å². The number of hydrogen-bond donors (Lipinski definition) is 3. The van der Waals surface area contributed by atoms with Gasteiger partial charge in [0, 0.05) is 24.0 Å². The van der Waals surface area contributed by atoms with Gasteiger partial charge in [-0.2, -0.15) is 0 Å². The van der Waals surface area contributed by atoms with Crippen molar-refractivity contribution >= 4 is 22.3 Å². The minimum atomic E-state index is 0.237. The van der Waals surface area contributed by atoms with Gasteiger partial charge in [0.25, 0.3) is 0 Å². The van der Waals surface area contributed by atoms with E-state index in [-0.39, 0.29) is 6.61 Å². The Labute approximate surface area is 119 Å². The fourth-order valence-corrected chi connectivity index (χ4v) is 3.12. The average Bonchev–Trinajstić information content (AvgIpc) is 2.50. The van der Waals surface area contributed by atoms with E-state index in [1.165, 1.54) is 12.8 Å². The maximum absolute atomic E-state index is 9.54. The largest absolute Gasteiger partial charge is 0.396 e. The molecule has 1 aromatic heterocycles. The third-order valence-electron chi connectivity index (χ3n) is 4.28. The van der Waals surface area contributed by atoms with Gasteiger partial charge in [0.1, 0.15) is 0 Å². The van der Waals surface area contributed by atoms with E-state index in [1.807, 2.05) is 24.3 Å². The highest BCUT2D eigenvalue weighted by atomic mass is 16.3. The number of aliphatic hydroxyl groups excluding tert-OH is 1. The van der Waals surface area contributed by atoms with Crippen molar-refractivity contribution in [2.75, 3.05) is 17.7 Å². The summed E-state index contributed by atoms with van der Waals surface area (Å²) in [4.78, 5) is 4.36. The first-order chi connectivity index (χ1) is 9.79. The van der Waals surface area contributed by atoms with Crippen LogP contribution in [0.5, 0.6) is 0 Å². The Morgan fingerprint density at radius 1 is 1.25 bits per heavy atom. The zero-order chi connectivity index (χ0) is 13.9. The van der Waals surface area contributed by atoms with Gasteiger partial charge in [-0.25, -0.2) is 0 Å². The summed E-state index contributed by atoms with van der Waals surface area (Å²) in [5.41, 5.74) is 8.68. The summed E-state index contributed by atoms with van der Waals surface area (Å²) in [7, 11) is 0. The number of nitrogen functional groups attached to an aromatic ring is 1. The van der Waals surface area contributed by atoms with Gasteiger partial charge in [-0.05, 0) is 18.9 Å². The molecule has 0 aliphatic heterocycles. The zero-order valence-electron chi connectivity index (χ0n) is 11.5. The number of anilines is 2. The second-order valence-corrected chi connectivity index (χ2v) is 5.58.